The van der Waals surface area contributed by atoms with Crippen molar-refractivity contribution in [1.82, 2.24) is 20.3 Å². The fraction of sp³-hybridized carbons (Fsp3) is 0.294. The number of nitrogens with one attached hydrogen (secondary N) is 1. The molecule has 0 bridgehead atoms. The molecular weight excluding hydrogens is 324 g/mol. The Hall–Kier alpha value is -3.16. The van der Waals surface area contributed by atoms with Crippen LogP contribution >= 0.6 is 0 Å². The lowest BCUT2D eigenvalue weighted by Gasteiger charge is -2.17. The van der Waals surface area contributed by atoms with Crippen molar-refractivity contribution in [3.63, 3.8) is 0 Å². The number of amides is 1. The zero-order valence-electron chi connectivity index (χ0n) is 13.6. The number of aryl methyl sites for hydroxylation is 1. The Morgan fingerprint density at radius 2 is 2.12 bits per heavy atom. The van der Waals surface area contributed by atoms with Gasteiger partial charge < -0.3 is 14.1 Å². The summed E-state index contributed by atoms with van der Waals surface area (Å²) in [6.45, 7) is 2.76. The van der Waals surface area contributed by atoms with Gasteiger partial charge in [0.05, 0.1) is 12.6 Å². The molecule has 8 nitrogen and oxygen atoms in total. The number of hydrogen-bond donors (Lipinski definition) is 1. The normalized spacial score (nSPS) is 17.2. The molecule has 1 aromatic carbocycles. The van der Waals surface area contributed by atoms with Gasteiger partial charge in [0, 0.05) is 24.6 Å². The van der Waals surface area contributed by atoms with Crippen LogP contribution in [0, 0.1) is 6.92 Å². The number of aromatic amines is 1. The first kappa shape index (κ1) is 15.4. The lowest BCUT2D eigenvalue weighted by atomic mass is 10.2. The molecule has 0 radical (unpaired) electrons. The molecule has 0 spiro atoms. The van der Waals surface area contributed by atoms with Crippen LogP contribution in [0.25, 0.3) is 11.0 Å². The molecule has 1 unspecified atom stereocenters. The van der Waals surface area contributed by atoms with Crippen LogP contribution in [0.1, 0.15) is 22.5 Å². The second-order valence-electron chi connectivity index (χ2n) is 6.03. The molecule has 0 saturated carbocycles. The number of carbonyl (C=O) groups excluding carboxylic acids is 1. The molecule has 1 N–H and O–H groups in total. The van der Waals surface area contributed by atoms with Crippen molar-refractivity contribution in [3.8, 4) is 5.75 Å². The van der Waals surface area contributed by atoms with E-state index in [1.165, 1.54) is 6.07 Å². The summed E-state index contributed by atoms with van der Waals surface area (Å²) in [6, 6.07) is 8.22. The minimum absolute atomic E-state index is 0.0697. The van der Waals surface area contributed by atoms with Crippen molar-refractivity contribution in [2.45, 2.75) is 19.4 Å². The molecule has 1 atom stereocenters. The van der Waals surface area contributed by atoms with Crippen LogP contribution in [0.15, 0.2) is 39.5 Å². The van der Waals surface area contributed by atoms with Crippen LogP contribution in [0.5, 0.6) is 5.75 Å². The van der Waals surface area contributed by atoms with Gasteiger partial charge in [-0.15, -0.1) is 0 Å². The molecule has 1 saturated heterocycles. The Bertz CT molecular complexity index is 993. The van der Waals surface area contributed by atoms with Crippen LogP contribution in [-0.2, 0) is 0 Å². The third-order valence-electron chi connectivity index (χ3n) is 4.17. The van der Waals surface area contributed by atoms with Crippen LogP contribution in [-0.4, -0.2) is 45.4 Å². The molecule has 3 aromatic rings. The maximum Gasteiger partial charge on any atom is 0.339 e. The van der Waals surface area contributed by atoms with Crippen molar-refractivity contribution in [2.24, 2.45) is 0 Å². The smallest absolute Gasteiger partial charge is 0.339 e. The number of nitrogens with zero attached hydrogens (tertiary/aromatic N) is 3. The van der Waals surface area contributed by atoms with E-state index >= 15 is 0 Å². The van der Waals surface area contributed by atoms with E-state index < -0.39 is 5.63 Å². The minimum Gasteiger partial charge on any atom is -0.488 e. The van der Waals surface area contributed by atoms with Crippen molar-refractivity contribution in [1.29, 1.82) is 0 Å². The second kappa shape index (κ2) is 6.04. The SMILES string of the molecule is Cc1cc(OC2CCN(C(=O)c3ccc4n[nH]nc4c3)C2)cc(=O)o1. The van der Waals surface area contributed by atoms with Gasteiger partial charge in [-0.1, -0.05) is 0 Å². The Balaban J connectivity index is 1.46. The van der Waals surface area contributed by atoms with Crippen molar-refractivity contribution >= 4 is 16.9 Å². The van der Waals surface area contributed by atoms with E-state index in [9.17, 15) is 9.59 Å². The van der Waals surface area contributed by atoms with Gasteiger partial charge in [0.2, 0.25) is 0 Å². The highest BCUT2D eigenvalue weighted by atomic mass is 16.5. The molecule has 3 heterocycles. The van der Waals surface area contributed by atoms with E-state index in [0.717, 1.165) is 5.52 Å². The summed E-state index contributed by atoms with van der Waals surface area (Å²) < 4.78 is 10.7. The summed E-state index contributed by atoms with van der Waals surface area (Å²) in [6.07, 6.45) is 0.554. The fourth-order valence-corrected chi connectivity index (χ4v) is 3.00. The number of likely N-dealkylation sites (tertiary alicyclic amines) is 1. The summed E-state index contributed by atoms with van der Waals surface area (Å²) in [4.78, 5) is 25.8. The summed E-state index contributed by atoms with van der Waals surface area (Å²) in [5.74, 6) is 0.895. The van der Waals surface area contributed by atoms with Gasteiger partial charge in [0.1, 0.15) is 28.6 Å². The topological polar surface area (TPSA) is 101 Å². The molecule has 8 heteroatoms. The average molecular weight is 340 g/mol. The number of rotatable bonds is 3. The van der Waals surface area contributed by atoms with Gasteiger partial charge in [-0.3, -0.25) is 4.79 Å². The Morgan fingerprint density at radius 3 is 2.96 bits per heavy atom. The highest BCUT2D eigenvalue weighted by Gasteiger charge is 2.28. The first-order valence-corrected chi connectivity index (χ1v) is 7.97. The molecule has 1 aliphatic rings. The number of aromatic nitrogens is 3. The molecule has 1 amide bonds. The van der Waals surface area contributed by atoms with E-state index in [1.807, 2.05) is 0 Å². The molecule has 25 heavy (non-hydrogen) atoms. The van der Waals surface area contributed by atoms with E-state index in [4.69, 9.17) is 9.15 Å². The van der Waals surface area contributed by atoms with Gasteiger partial charge >= 0.3 is 5.63 Å². The number of hydrogen-bond acceptors (Lipinski definition) is 6. The Kier molecular flexibility index (Phi) is 3.72. The molecule has 2 aromatic heterocycles. The molecule has 128 valence electrons. The van der Waals surface area contributed by atoms with E-state index in [0.29, 0.717) is 42.1 Å². The van der Waals surface area contributed by atoms with Crippen molar-refractivity contribution < 1.29 is 13.9 Å². The van der Waals surface area contributed by atoms with Gasteiger partial charge in [0.15, 0.2) is 0 Å². The van der Waals surface area contributed by atoms with Gasteiger partial charge in [-0.05, 0) is 25.1 Å². The first-order chi connectivity index (χ1) is 12.1. The maximum absolute atomic E-state index is 12.7. The van der Waals surface area contributed by atoms with Gasteiger partial charge in [-0.25, -0.2) is 4.79 Å². The van der Waals surface area contributed by atoms with Crippen LogP contribution in [0.2, 0.25) is 0 Å². The highest BCUT2D eigenvalue weighted by molar-refractivity contribution is 5.97. The Morgan fingerprint density at radius 1 is 1.28 bits per heavy atom. The van der Waals surface area contributed by atoms with Crippen LogP contribution in [0.4, 0.5) is 0 Å². The van der Waals surface area contributed by atoms with E-state index in [2.05, 4.69) is 15.4 Å². The summed E-state index contributed by atoms with van der Waals surface area (Å²) >= 11 is 0. The third kappa shape index (κ3) is 3.10. The largest absolute Gasteiger partial charge is 0.488 e. The lowest BCUT2D eigenvalue weighted by Crippen LogP contribution is -2.31. The van der Waals surface area contributed by atoms with Crippen molar-refractivity contribution in [3.05, 3.63) is 52.1 Å². The summed E-state index contributed by atoms with van der Waals surface area (Å²) in [7, 11) is 0. The van der Waals surface area contributed by atoms with E-state index in [1.54, 1.807) is 36.1 Å². The average Bonchev–Trinajstić information content (AvgIpc) is 3.21. The zero-order chi connectivity index (χ0) is 17.4. The number of fused-ring (bicyclic) bond motifs is 1. The third-order valence-corrected chi connectivity index (χ3v) is 4.17. The fourth-order valence-electron chi connectivity index (χ4n) is 3.00. The minimum atomic E-state index is -0.443. The molecule has 0 aliphatic carbocycles. The predicted octanol–water partition coefficient (Wildman–Crippen LogP) is 1.51. The number of ether oxygens (including phenoxy) is 1. The van der Waals surface area contributed by atoms with Crippen LogP contribution in [0.3, 0.4) is 0 Å². The summed E-state index contributed by atoms with van der Waals surface area (Å²) in [5.41, 5.74) is 1.50. The Labute approximate surface area is 142 Å². The lowest BCUT2D eigenvalue weighted by molar-refractivity contribution is 0.0772. The quantitative estimate of drug-likeness (QED) is 0.775. The van der Waals surface area contributed by atoms with E-state index in [-0.39, 0.29) is 12.0 Å². The zero-order valence-corrected chi connectivity index (χ0v) is 13.6. The highest BCUT2D eigenvalue weighted by Crippen LogP contribution is 2.20. The standard InChI is InChI=1S/C17H16N4O4/c1-10-6-13(8-16(22)24-10)25-12-4-5-21(9-12)17(23)11-2-3-14-15(7-11)19-20-18-14/h2-3,6-8,12H,4-5,9H2,1H3,(H,18,19,20). The second-order valence-corrected chi connectivity index (χ2v) is 6.03. The summed E-state index contributed by atoms with van der Waals surface area (Å²) in [5, 5.41) is 10.5. The first-order valence-electron chi connectivity index (χ1n) is 7.97. The molecular formula is C17H16N4O4. The van der Waals surface area contributed by atoms with Crippen molar-refractivity contribution in [2.75, 3.05) is 13.1 Å². The van der Waals surface area contributed by atoms with Gasteiger partial charge in [0.25, 0.3) is 5.91 Å². The molecule has 1 aliphatic heterocycles. The number of carbonyl (C=O) groups is 1. The molecule has 1 fully saturated rings. The predicted molar refractivity (Wildman–Crippen MR) is 88.5 cm³/mol. The number of H-pyrrole nitrogens is 1. The van der Waals surface area contributed by atoms with Gasteiger partial charge in [-0.2, -0.15) is 15.4 Å². The monoisotopic (exact) mass is 340 g/mol. The maximum atomic E-state index is 12.7. The number of benzene rings is 1. The van der Waals surface area contributed by atoms with Crippen LogP contribution < -0.4 is 10.4 Å². The molecule has 4 rings (SSSR count).